The SMILES string of the molecule is Cc1oc2c(c1C(=O)NCC1OCCc3ccccc31)C(=O)CCC2. The van der Waals surface area contributed by atoms with Crippen LogP contribution in [0.25, 0.3) is 0 Å². The second-order valence-electron chi connectivity index (χ2n) is 6.63. The molecule has 2 heterocycles. The first-order valence-corrected chi connectivity index (χ1v) is 8.78. The van der Waals surface area contributed by atoms with E-state index in [1.165, 1.54) is 5.56 Å². The number of carbonyl (C=O) groups excluding carboxylic acids is 2. The topological polar surface area (TPSA) is 68.5 Å². The van der Waals surface area contributed by atoms with E-state index in [4.69, 9.17) is 9.15 Å². The van der Waals surface area contributed by atoms with E-state index in [-0.39, 0.29) is 17.8 Å². The van der Waals surface area contributed by atoms with Crippen LogP contribution in [0.15, 0.2) is 28.7 Å². The van der Waals surface area contributed by atoms with Gasteiger partial charge in [-0.05, 0) is 30.9 Å². The molecule has 1 aliphatic carbocycles. The van der Waals surface area contributed by atoms with Crippen molar-refractivity contribution in [2.75, 3.05) is 13.2 Å². The highest BCUT2D eigenvalue weighted by Gasteiger charge is 2.31. The summed E-state index contributed by atoms with van der Waals surface area (Å²) in [7, 11) is 0. The third-order valence-electron chi connectivity index (χ3n) is 5.01. The zero-order valence-electron chi connectivity index (χ0n) is 14.3. The number of rotatable bonds is 3. The summed E-state index contributed by atoms with van der Waals surface area (Å²) in [6, 6.07) is 8.14. The molecular formula is C20H21NO4. The molecule has 1 aromatic carbocycles. The van der Waals surface area contributed by atoms with Crippen molar-refractivity contribution >= 4 is 11.7 Å². The molecule has 1 N–H and O–H groups in total. The highest BCUT2D eigenvalue weighted by Crippen LogP contribution is 2.30. The first kappa shape index (κ1) is 16.1. The van der Waals surface area contributed by atoms with Crippen LogP contribution >= 0.6 is 0 Å². The van der Waals surface area contributed by atoms with E-state index in [1.54, 1.807) is 6.92 Å². The maximum Gasteiger partial charge on any atom is 0.255 e. The number of Topliss-reactive ketones (excluding diaryl/α,β-unsaturated/α-hetero) is 1. The summed E-state index contributed by atoms with van der Waals surface area (Å²) in [5.41, 5.74) is 3.26. The molecule has 5 heteroatoms. The molecule has 1 unspecified atom stereocenters. The summed E-state index contributed by atoms with van der Waals surface area (Å²) in [4.78, 5) is 24.9. The van der Waals surface area contributed by atoms with Gasteiger partial charge < -0.3 is 14.5 Å². The molecule has 25 heavy (non-hydrogen) atoms. The van der Waals surface area contributed by atoms with Gasteiger partial charge in [0.05, 0.1) is 17.7 Å². The van der Waals surface area contributed by atoms with Gasteiger partial charge in [-0.15, -0.1) is 0 Å². The van der Waals surface area contributed by atoms with Gasteiger partial charge >= 0.3 is 0 Å². The van der Waals surface area contributed by atoms with Crippen LogP contribution in [0.2, 0.25) is 0 Å². The molecule has 2 aromatic rings. The van der Waals surface area contributed by atoms with Gasteiger partial charge in [0, 0.05) is 19.4 Å². The molecule has 5 nitrogen and oxygen atoms in total. The van der Waals surface area contributed by atoms with Gasteiger partial charge in [-0.2, -0.15) is 0 Å². The molecule has 0 spiro atoms. The fourth-order valence-corrected chi connectivity index (χ4v) is 3.80. The highest BCUT2D eigenvalue weighted by molar-refractivity contribution is 6.10. The van der Waals surface area contributed by atoms with E-state index >= 15 is 0 Å². The molecule has 1 atom stereocenters. The number of furan rings is 1. The minimum absolute atomic E-state index is 0.00233. The number of hydrogen-bond acceptors (Lipinski definition) is 4. The Balaban J connectivity index is 1.53. The van der Waals surface area contributed by atoms with Gasteiger partial charge in [0.2, 0.25) is 0 Å². The van der Waals surface area contributed by atoms with E-state index in [0.717, 1.165) is 18.4 Å². The van der Waals surface area contributed by atoms with Gasteiger partial charge in [-0.1, -0.05) is 24.3 Å². The molecule has 0 radical (unpaired) electrons. The number of fused-ring (bicyclic) bond motifs is 2. The van der Waals surface area contributed by atoms with Crippen LogP contribution in [0.4, 0.5) is 0 Å². The average Bonchev–Trinajstić information content (AvgIpc) is 2.97. The van der Waals surface area contributed by atoms with E-state index in [2.05, 4.69) is 11.4 Å². The summed E-state index contributed by atoms with van der Waals surface area (Å²) in [6.45, 7) is 2.77. The van der Waals surface area contributed by atoms with Crippen molar-refractivity contribution in [3.8, 4) is 0 Å². The number of aryl methyl sites for hydroxylation is 2. The summed E-state index contributed by atoms with van der Waals surface area (Å²) >= 11 is 0. The smallest absolute Gasteiger partial charge is 0.255 e. The second kappa shape index (κ2) is 6.48. The summed E-state index contributed by atoms with van der Waals surface area (Å²) in [5, 5.41) is 2.93. The first-order valence-electron chi connectivity index (χ1n) is 8.78. The fourth-order valence-electron chi connectivity index (χ4n) is 3.80. The predicted molar refractivity (Wildman–Crippen MR) is 91.9 cm³/mol. The van der Waals surface area contributed by atoms with Gasteiger partial charge in [0.15, 0.2) is 5.78 Å². The second-order valence-corrected chi connectivity index (χ2v) is 6.63. The third kappa shape index (κ3) is 2.89. The minimum atomic E-state index is -0.260. The van der Waals surface area contributed by atoms with Crippen LogP contribution < -0.4 is 5.32 Å². The number of ketones is 1. The Labute approximate surface area is 146 Å². The quantitative estimate of drug-likeness (QED) is 0.933. The highest BCUT2D eigenvalue weighted by atomic mass is 16.5. The number of nitrogens with one attached hydrogen (secondary N) is 1. The van der Waals surface area contributed by atoms with Crippen LogP contribution in [-0.2, 0) is 17.6 Å². The Morgan fingerprint density at radius 3 is 2.96 bits per heavy atom. The molecule has 2 aliphatic rings. The Morgan fingerprint density at radius 1 is 1.24 bits per heavy atom. The minimum Gasteiger partial charge on any atom is -0.465 e. The normalized spacial score (nSPS) is 19.2. The van der Waals surface area contributed by atoms with Crippen molar-refractivity contribution in [2.45, 2.75) is 38.7 Å². The predicted octanol–water partition coefficient (Wildman–Crippen LogP) is 3.15. The lowest BCUT2D eigenvalue weighted by atomic mass is 9.93. The van der Waals surface area contributed by atoms with Gasteiger partial charge in [-0.25, -0.2) is 0 Å². The summed E-state index contributed by atoms with van der Waals surface area (Å²) in [5.74, 6) is 0.910. The van der Waals surface area contributed by atoms with Gasteiger partial charge in [0.25, 0.3) is 5.91 Å². The standard InChI is InChI=1S/C20H21NO4/c1-12-18(19-15(22)7-4-8-16(19)25-12)20(23)21-11-17-14-6-3-2-5-13(14)9-10-24-17/h2-3,5-6,17H,4,7-11H2,1H3,(H,21,23). The summed E-state index contributed by atoms with van der Waals surface area (Å²) in [6.07, 6.45) is 2.71. The largest absolute Gasteiger partial charge is 0.465 e. The monoisotopic (exact) mass is 339 g/mol. The zero-order chi connectivity index (χ0) is 17.4. The molecule has 0 bridgehead atoms. The van der Waals surface area contributed by atoms with Gasteiger partial charge in [0.1, 0.15) is 17.6 Å². The van der Waals surface area contributed by atoms with Crippen LogP contribution in [-0.4, -0.2) is 24.8 Å². The van der Waals surface area contributed by atoms with Crippen LogP contribution in [0.1, 0.15) is 62.3 Å². The zero-order valence-corrected chi connectivity index (χ0v) is 14.3. The third-order valence-corrected chi connectivity index (χ3v) is 5.01. The lowest BCUT2D eigenvalue weighted by Gasteiger charge is -2.26. The lowest BCUT2D eigenvalue weighted by molar-refractivity contribution is 0.0411. The Kier molecular flexibility index (Phi) is 4.17. The molecule has 1 amide bonds. The maximum atomic E-state index is 12.7. The Bertz CT molecular complexity index is 836. The summed E-state index contributed by atoms with van der Waals surface area (Å²) < 4.78 is 11.5. The van der Waals surface area contributed by atoms with Crippen molar-refractivity contribution in [3.05, 3.63) is 58.0 Å². The molecular weight excluding hydrogens is 318 g/mol. The Hall–Kier alpha value is -2.40. The van der Waals surface area contributed by atoms with Crippen molar-refractivity contribution in [1.29, 1.82) is 0 Å². The molecule has 0 fully saturated rings. The fraction of sp³-hybridized carbons (Fsp3) is 0.400. The van der Waals surface area contributed by atoms with Crippen molar-refractivity contribution in [2.24, 2.45) is 0 Å². The average molecular weight is 339 g/mol. The van der Waals surface area contributed by atoms with Gasteiger partial charge in [-0.3, -0.25) is 9.59 Å². The van der Waals surface area contributed by atoms with Crippen molar-refractivity contribution in [1.82, 2.24) is 5.32 Å². The van der Waals surface area contributed by atoms with Crippen LogP contribution in [0.5, 0.6) is 0 Å². The number of ether oxygens (including phenoxy) is 1. The maximum absolute atomic E-state index is 12.7. The molecule has 130 valence electrons. The van der Waals surface area contributed by atoms with E-state index in [9.17, 15) is 9.59 Å². The molecule has 4 rings (SSSR count). The molecule has 1 aliphatic heterocycles. The van der Waals surface area contributed by atoms with Crippen molar-refractivity contribution < 1.29 is 18.7 Å². The molecule has 1 aromatic heterocycles. The number of hydrogen-bond donors (Lipinski definition) is 1. The van der Waals surface area contributed by atoms with Crippen LogP contribution in [0.3, 0.4) is 0 Å². The molecule has 0 saturated heterocycles. The van der Waals surface area contributed by atoms with E-state index < -0.39 is 0 Å². The Morgan fingerprint density at radius 2 is 2.08 bits per heavy atom. The number of benzene rings is 1. The van der Waals surface area contributed by atoms with E-state index in [1.807, 2.05) is 18.2 Å². The van der Waals surface area contributed by atoms with Crippen LogP contribution in [0, 0.1) is 6.92 Å². The number of carbonyl (C=O) groups is 2. The lowest BCUT2D eigenvalue weighted by Crippen LogP contribution is -2.33. The number of amides is 1. The van der Waals surface area contributed by atoms with Crippen molar-refractivity contribution in [3.63, 3.8) is 0 Å². The first-order chi connectivity index (χ1) is 12.1. The van der Waals surface area contributed by atoms with E-state index in [0.29, 0.717) is 48.6 Å². The molecule has 0 saturated carbocycles.